The summed E-state index contributed by atoms with van der Waals surface area (Å²) in [6.45, 7) is 5.07. The Hall–Kier alpha value is -3.42. The van der Waals surface area contributed by atoms with E-state index in [1.54, 1.807) is 31.3 Å². The Morgan fingerprint density at radius 2 is 1.79 bits per heavy atom. The molecule has 0 aliphatic carbocycles. The summed E-state index contributed by atoms with van der Waals surface area (Å²) >= 11 is 0. The quantitative estimate of drug-likeness (QED) is 0.605. The van der Waals surface area contributed by atoms with E-state index in [0.717, 1.165) is 17.6 Å². The number of piperidine rings is 1. The maximum atomic E-state index is 13.5. The normalized spacial score (nSPS) is 20.1. The molecule has 4 rings (SSSR count). The van der Waals surface area contributed by atoms with Crippen LogP contribution < -0.4 is 9.47 Å². The fraction of sp³-hybridized carbons (Fsp3) is 0.423. The summed E-state index contributed by atoms with van der Waals surface area (Å²) in [5, 5.41) is 6.83. The minimum absolute atomic E-state index is 0.0173. The topological polar surface area (TPSA) is 71.4 Å². The van der Waals surface area contributed by atoms with Crippen molar-refractivity contribution in [3.05, 3.63) is 59.4 Å². The standard InChI is InChI=1S/C26H30FN3O4/c1-26(2)23(16-31)30(28-24(26)17-8-9-21(33-3)22(15-17)34-4)20-10-12-29(13-11-20)25(32)18-6-5-7-19(27)14-18/h5-9,14-16,20,23H,10-13H2,1-4H3. The second-order valence-corrected chi connectivity index (χ2v) is 9.23. The molecule has 2 aliphatic heterocycles. The van der Waals surface area contributed by atoms with Crippen molar-refractivity contribution in [3.63, 3.8) is 0 Å². The second kappa shape index (κ2) is 9.44. The van der Waals surface area contributed by atoms with Crippen LogP contribution in [0.3, 0.4) is 0 Å². The Bertz CT molecular complexity index is 1110. The zero-order chi connectivity index (χ0) is 24.5. The van der Waals surface area contributed by atoms with E-state index in [1.807, 2.05) is 37.1 Å². The summed E-state index contributed by atoms with van der Waals surface area (Å²) in [6.07, 6.45) is 2.30. The number of hydrogen-bond donors (Lipinski definition) is 0. The minimum Gasteiger partial charge on any atom is -0.493 e. The smallest absolute Gasteiger partial charge is 0.253 e. The largest absolute Gasteiger partial charge is 0.493 e. The molecule has 1 amide bonds. The maximum absolute atomic E-state index is 13.5. The molecular weight excluding hydrogens is 437 g/mol. The summed E-state index contributed by atoms with van der Waals surface area (Å²) in [5.74, 6) is 0.623. The number of hydrogen-bond acceptors (Lipinski definition) is 6. The van der Waals surface area contributed by atoms with Crippen LogP contribution in [0.15, 0.2) is 47.6 Å². The van der Waals surface area contributed by atoms with Gasteiger partial charge >= 0.3 is 0 Å². The van der Waals surface area contributed by atoms with E-state index in [2.05, 4.69) is 0 Å². The van der Waals surface area contributed by atoms with Crippen LogP contribution in [0.2, 0.25) is 0 Å². The Morgan fingerprint density at radius 1 is 1.09 bits per heavy atom. The van der Waals surface area contributed by atoms with E-state index in [1.165, 1.54) is 12.1 Å². The van der Waals surface area contributed by atoms with Crippen molar-refractivity contribution in [1.29, 1.82) is 0 Å². The molecule has 0 radical (unpaired) electrons. The number of nitrogens with zero attached hydrogens (tertiary/aromatic N) is 3. The van der Waals surface area contributed by atoms with Crippen LogP contribution in [0.25, 0.3) is 0 Å². The summed E-state index contributed by atoms with van der Waals surface area (Å²) in [7, 11) is 3.17. The lowest BCUT2D eigenvalue weighted by atomic mass is 9.78. The third-order valence-corrected chi connectivity index (χ3v) is 6.83. The SMILES string of the molecule is COc1ccc(C2=NN(C3CCN(C(=O)c4cccc(F)c4)CC3)C(C=O)C2(C)C)cc1OC. The Kier molecular flexibility index (Phi) is 6.59. The van der Waals surface area contributed by atoms with E-state index in [0.29, 0.717) is 43.0 Å². The van der Waals surface area contributed by atoms with Crippen molar-refractivity contribution in [2.24, 2.45) is 10.5 Å². The molecule has 7 nitrogen and oxygen atoms in total. The van der Waals surface area contributed by atoms with E-state index < -0.39 is 17.3 Å². The average molecular weight is 468 g/mol. The van der Waals surface area contributed by atoms with E-state index in [4.69, 9.17) is 14.6 Å². The molecule has 0 aromatic heterocycles. The molecule has 1 fully saturated rings. The average Bonchev–Trinajstić information content (AvgIpc) is 3.13. The van der Waals surface area contributed by atoms with Crippen molar-refractivity contribution in [2.75, 3.05) is 27.3 Å². The molecule has 8 heteroatoms. The number of carbonyl (C=O) groups excluding carboxylic acids is 2. The highest BCUT2D eigenvalue weighted by atomic mass is 19.1. The third-order valence-electron chi connectivity index (χ3n) is 6.83. The molecule has 0 bridgehead atoms. The highest BCUT2D eigenvalue weighted by molar-refractivity contribution is 6.07. The van der Waals surface area contributed by atoms with Gasteiger partial charge in [-0.1, -0.05) is 19.9 Å². The first-order chi connectivity index (χ1) is 16.3. The summed E-state index contributed by atoms with van der Waals surface area (Å²) in [6, 6.07) is 11.0. The van der Waals surface area contributed by atoms with Gasteiger partial charge in [-0.25, -0.2) is 4.39 Å². The number of amides is 1. The number of ether oxygens (including phenoxy) is 2. The first-order valence-electron chi connectivity index (χ1n) is 11.4. The summed E-state index contributed by atoms with van der Waals surface area (Å²) < 4.78 is 24.3. The predicted molar refractivity (Wildman–Crippen MR) is 127 cm³/mol. The van der Waals surface area contributed by atoms with E-state index in [-0.39, 0.29) is 11.9 Å². The van der Waals surface area contributed by atoms with Gasteiger partial charge in [0, 0.05) is 29.6 Å². The van der Waals surface area contributed by atoms with Crippen LogP contribution in [0.5, 0.6) is 11.5 Å². The highest BCUT2D eigenvalue weighted by Crippen LogP contribution is 2.40. The van der Waals surface area contributed by atoms with Gasteiger partial charge in [0.15, 0.2) is 11.5 Å². The minimum atomic E-state index is -0.518. The third kappa shape index (κ3) is 4.24. The monoisotopic (exact) mass is 467 g/mol. The number of carbonyl (C=O) groups is 2. The van der Waals surface area contributed by atoms with Crippen molar-refractivity contribution in [2.45, 2.75) is 38.8 Å². The lowest BCUT2D eigenvalue weighted by Gasteiger charge is -2.39. The van der Waals surface area contributed by atoms with E-state index >= 15 is 0 Å². The van der Waals surface area contributed by atoms with Crippen molar-refractivity contribution in [1.82, 2.24) is 9.91 Å². The number of benzene rings is 2. The molecule has 2 aromatic rings. The first kappa shape index (κ1) is 23.7. The van der Waals surface area contributed by atoms with Crippen LogP contribution in [0.1, 0.15) is 42.6 Å². The Balaban J connectivity index is 1.54. The number of likely N-dealkylation sites (tertiary alicyclic amines) is 1. The molecule has 1 atom stereocenters. The molecule has 2 aliphatic rings. The number of methoxy groups -OCH3 is 2. The maximum Gasteiger partial charge on any atom is 0.253 e. The fourth-order valence-corrected chi connectivity index (χ4v) is 4.87. The van der Waals surface area contributed by atoms with Crippen LogP contribution in [-0.4, -0.2) is 67.2 Å². The van der Waals surface area contributed by atoms with Gasteiger partial charge in [0.1, 0.15) is 18.1 Å². The van der Waals surface area contributed by atoms with Gasteiger partial charge in [0.2, 0.25) is 0 Å². The van der Waals surface area contributed by atoms with Gasteiger partial charge in [-0.2, -0.15) is 5.10 Å². The van der Waals surface area contributed by atoms with Crippen LogP contribution >= 0.6 is 0 Å². The number of halogens is 1. The van der Waals surface area contributed by atoms with Crippen LogP contribution in [-0.2, 0) is 4.79 Å². The number of hydrazone groups is 1. The number of rotatable bonds is 6. The molecule has 1 unspecified atom stereocenters. The van der Waals surface area contributed by atoms with Crippen molar-refractivity contribution >= 4 is 17.9 Å². The first-order valence-corrected chi connectivity index (χ1v) is 11.4. The molecule has 0 spiro atoms. The fourth-order valence-electron chi connectivity index (χ4n) is 4.87. The predicted octanol–water partition coefficient (Wildman–Crippen LogP) is 3.76. The van der Waals surface area contributed by atoms with Crippen molar-refractivity contribution < 1.29 is 23.5 Å². The summed E-state index contributed by atoms with van der Waals surface area (Å²) in [4.78, 5) is 26.7. The lowest BCUT2D eigenvalue weighted by Crippen LogP contribution is -2.50. The Morgan fingerprint density at radius 3 is 2.41 bits per heavy atom. The Labute approximate surface area is 199 Å². The van der Waals surface area contributed by atoms with Gasteiger partial charge in [-0.3, -0.25) is 9.80 Å². The summed E-state index contributed by atoms with van der Waals surface area (Å²) in [5.41, 5.74) is 1.51. The highest BCUT2D eigenvalue weighted by Gasteiger charge is 2.47. The molecule has 0 saturated carbocycles. The zero-order valence-corrected chi connectivity index (χ0v) is 20.0. The van der Waals surface area contributed by atoms with Gasteiger partial charge in [0.25, 0.3) is 5.91 Å². The van der Waals surface area contributed by atoms with Gasteiger partial charge < -0.3 is 19.2 Å². The zero-order valence-electron chi connectivity index (χ0n) is 20.0. The van der Waals surface area contributed by atoms with Gasteiger partial charge in [0.05, 0.1) is 26.0 Å². The lowest BCUT2D eigenvalue weighted by molar-refractivity contribution is -0.115. The van der Waals surface area contributed by atoms with Gasteiger partial charge in [-0.15, -0.1) is 0 Å². The van der Waals surface area contributed by atoms with E-state index in [9.17, 15) is 14.0 Å². The number of aldehydes is 1. The molecule has 34 heavy (non-hydrogen) atoms. The second-order valence-electron chi connectivity index (χ2n) is 9.23. The molecule has 0 N–H and O–H groups in total. The molecular formula is C26H30FN3O4. The van der Waals surface area contributed by atoms with Gasteiger partial charge in [-0.05, 0) is 49.2 Å². The molecule has 2 aromatic carbocycles. The molecule has 2 heterocycles. The van der Waals surface area contributed by atoms with Crippen LogP contribution in [0, 0.1) is 11.2 Å². The van der Waals surface area contributed by atoms with Crippen molar-refractivity contribution in [3.8, 4) is 11.5 Å². The van der Waals surface area contributed by atoms with Crippen LogP contribution in [0.4, 0.5) is 4.39 Å². The molecule has 1 saturated heterocycles. The molecule has 180 valence electrons.